The Labute approximate surface area is 300 Å². The van der Waals surface area contributed by atoms with E-state index in [-0.39, 0.29) is 55.6 Å². The molecule has 2 aliphatic rings. The van der Waals surface area contributed by atoms with Gasteiger partial charge in [0.05, 0.1) is 27.6 Å². The van der Waals surface area contributed by atoms with Crippen LogP contribution in [-0.4, -0.2) is 37.1 Å². The van der Waals surface area contributed by atoms with Crippen LogP contribution in [0.25, 0.3) is 21.5 Å². The SMILES string of the molecule is O=Cc1ccc2ccc(OC3CCC(C(F)(F)F)CC3)c(C(F)(F)F)c2c1.O=Cc1ccc2ccc(OC3CCC(C(F)(F)F)CC3)c(I)c2c1. The molecule has 51 heavy (non-hydrogen) atoms. The third-order valence-electron chi connectivity index (χ3n) is 9.37. The van der Waals surface area contributed by atoms with Gasteiger partial charge in [0.15, 0.2) is 0 Å². The standard InChI is InChI=1S/C19H16F6O2.C18H16F3IO2/c20-18(21,22)13-4-6-14(7-5-13)27-16-8-3-12-2-1-11(10-26)9-15(12)17(16)19(23,24)25;19-18(20,21)13-4-6-14(7-5-13)24-16-8-3-12-2-1-11(10-23)9-15(12)17(16)22/h1-3,8-10,13-14H,4-7H2;1-3,8-10,13-14H,4-7H2. The van der Waals surface area contributed by atoms with Crippen LogP contribution in [-0.2, 0) is 6.18 Å². The molecule has 0 saturated heterocycles. The maximum atomic E-state index is 13.7. The second-order valence-electron chi connectivity index (χ2n) is 12.8. The zero-order valence-corrected chi connectivity index (χ0v) is 29.0. The molecule has 0 aromatic heterocycles. The van der Waals surface area contributed by atoms with Crippen molar-refractivity contribution < 1.29 is 58.6 Å². The molecule has 2 fully saturated rings. The first kappa shape index (κ1) is 38.7. The summed E-state index contributed by atoms with van der Waals surface area (Å²) in [4.78, 5) is 21.9. The number of carbonyl (C=O) groups excluding carboxylic acids is 2. The normalized spacial score (nSPS) is 21.5. The zero-order valence-electron chi connectivity index (χ0n) is 26.8. The van der Waals surface area contributed by atoms with E-state index in [0.717, 1.165) is 26.7 Å². The van der Waals surface area contributed by atoms with E-state index in [1.165, 1.54) is 24.3 Å². The second kappa shape index (κ2) is 15.6. The number of alkyl halides is 9. The minimum absolute atomic E-state index is 0.0356. The van der Waals surface area contributed by atoms with Crippen LogP contribution in [0.2, 0.25) is 0 Å². The van der Waals surface area contributed by atoms with Gasteiger partial charge in [0.25, 0.3) is 0 Å². The molecule has 6 rings (SSSR count). The minimum Gasteiger partial charge on any atom is -0.490 e. The average molecular weight is 839 g/mol. The summed E-state index contributed by atoms with van der Waals surface area (Å²) in [6.07, 6.45) is -12.0. The highest BCUT2D eigenvalue weighted by atomic mass is 127. The molecule has 4 aromatic carbocycles. The first-order valence-corrected chi connectivity index (χ1v) is 17.3. The Bertz CT molecular complexity index is 1850. The summed E-state index contributed by atoms with van der Waals surface area (Å²) in [6.45, 7) is 0. The summed E-state index contributed by atoms with van der Waals surface area (Å²) in [6, 6.07) is 15.8. The smallest absolute Gasteiger partial charge is 0.420 e. The molecular weight excluding hydrogens is 806 g/mol. The molecule has 0 aliphatic heterocycles. The Kier molecular flexibility index (Phi) is 11.8. The third-order valence-corrected chi connectivity index (χ3v) is 10.5. The summed E-state index contributed by atoms with van der Waals surface area (Å²) in [7, 11) is 0. The monoisotopic (exact) mass is 838 g/mol. The van der Waals surface area contributed by atoms with Gasteiger partial charge in [0.1, 0.15) is 29.6 Å². The van der Waals surface area contributed by atoms with Crippen LogP contribution in [0.5, 0.6) is 11.5 Å². The van der Waals surface area contributed by atoms with Crippen molar-refractivity contribution in [2.24, 2.45) is 11.8 Å². The number of rotatable bonds is 6. The number of hydrogen-bond donors (Lipinski definition) is 0. The zero-order chi connectivity index (χ0) is 37.1. The predicted molar refractivity (Wildman–Crippen MR) is 181 cm³/mol. The fraction of sp³-hybridized carbons (Fsp3) is 0.405. The average Bonchev–Trinajstić information content (AvgIpc) is 3.08. The number of halogens is 10. The molecule has 2 aliphatic carbocycles. The van der Waals surface area contributed by atoms with E-state index in [0.29, 0.717) is 35.8 Å². The van der Waals surface area contributed by atoms with Crippen LogP contribution >= 0.6 is 22.6 Å². The summed E-state index contributed by atoms with van der Waals surface area (Å²) in [5.41, 5.74) is -0.333. The van der Waals surface area contributed by atoms with Gasteiger partial charge in [0.2, 0.25) is 0 Å². The maximum Gasteiger partial charge on any atom is 0.420 e. The van der Waals surface area contributed by atoms with Crippen LogP contribution < -0.4 is 9.47 Å². The molecule has 4 nitrogen and oxygen atoms in total. The topological polar surface area (TPSA) is 52.6 Å². The molecule has 0 atom stereocenters. The summed E-state index contributed by atoms with van der Waals surface area (Å²) in [5.74, 6) is -2.40. The van der Waals surface area contributed by atoms with E-state index < -0.39 is 47.8 Å². The molecule has 4 aromatic rings. The Morgan fingerprint density at radius 1 is 0.549 bits per heavy atom. The van der Waals surface area contributed by atoms with Crippen LogP contribution in [0.1, 0.15) is 77.6 Å². The van der Waals surface area contributed by atoms with Gasteiger partial charge >= 0.3 is 18.5 Å². The van der Waals surface area contributed by atoms with Crippen molar-refractivity contribution in [2.75, 3.05) is 0 Å². The number of benzene rings is 4. The fourth-order valence-corrected chi connectivity index (χ4v) is 7.38. The van der Waals surface area contributed by atoms with Gasteiger partial charge in [-0.15, -0.1) is 0 Å². The van der Waals surface area contributed by atoms with Crippen molar-refractivity contribution >= 4 is 56.7 Å². The highest BCUT2D eigenvalue weighted by Crippen LogP contribution is 2.44. The molecule has 274 valence electrons. The minimum atomic E-state index is -4.74. The van der Waals surface area contributed by atoms with Crippen molar-refractivity contribution in [2.45, 2.75) is 82.1 Å². The number of aldehydes is 2. The van der Waals surface area contributed by atoms with Crippen LogP contribution in [0.4, 0.5) is 39.5 Å². The quantitative estimate of drug-likeness (QED) is 0.110. The van der Waals surface area contributed by atoms with Crippen molar-refractivity contribution in [3.05, 3.63) is 80.9 Å². The molecule has 14 heteroatoms. The number of hydrogen-bond acceptors (Lipinski definition) is 4. The Hall–Kier alpha value is -3.56. The van der Waals surface area contributed by atoms with E-state index in [1.54, 1.807) is 12.1 Å². The number of ether oxygens (including phenoxy) is 2. The number of fused-ring (bicyclic) bond motifs is 2. The van der Waals surface area contributed by atoms with Gasteiger partial charge in [-0.1, -0.05) is 36.4 Å². The van der Waals surface area contributed by atoms with Crippen molar-refractivity contribution in [3.63, 3.8) is 0 Å². The van der Waals surface area contributed by atoms with Crippen molar-refractivity contribution in [3.8, 4) is 11.5 Å². The largest absolute Gasteiger partial charge is 0.490 e. The Morgan fingerprint density at radius 2 is 0.941 bits per heavy atom. The highest BCUT2D eigenvalue weighted by Gasteiger charge is 2.43. The summed E-state index contributed by atoms with van der Waals surface area (Å²) in [5, 5.41) is 2.04. The molecular formula is C37H32F9IO4. The van der Waals surface area contributed by atoms with Crippen LogP contribution in [0.3, 0.4) is 0 Å². The van der Waals surface area contributed by atoms with Gasteiger partial charge in [-0.25, -0.2) is 0 Å². The first-order valence-electron chi connectivity index (χ1n) is 16.2. The van der Waals surface area contributed by atoms with E-state index in [9.17, 15) is 49.1 Å². The molecule has 0 unspecified atom stereocenters. The molecule has 0 spiro atoms. The van der Waals surface area contributed by atoms with Crippen molar-refractivity contribution in [1.29, 1.82) is 0 Å². The Morgan fingerprint density at radius 3 is 1.37 bits per heavy atom. The van der Waals surface area contributed by atoms with Gasteiger partial charge in [-0.05, 0) is 120 Å². The highest BCUT2D eigenvalue weighted by molar-refractivity contribution is 14.1. The second-order valence-corrected chi connectivity index (χ2v) is 13.9. The van der Waals surface area contributed by atoms with E-state index in [2.05, 4.69) is 22.6 Å². The Balaban J connectivity index is 0.000000199. The van der Waals surface area contributed by atoms with Gasteiger partial charge in [-0.3, -0.25) is 9.59 Å². The number of carbonyl (C=O) groups is 2. The van der Waals surface area contributed by atoms with Gasteiger partial charge in [-0.2, -0.15) is 39.5 Å². The van der Waals surface area contributed by atoms with Crippen LogP contribution in [0.15, 0.2) is 60.7 Å². The maximum absolute atomic E-state index is 13.7. The first-order chi connectivity index (χ1) is 24.0. The fourth-order valence-electron chi connectivity index (χ4n) is 6.60. The van der Waals surface area contributed by atoms with E-state index in [4.69, 9.17) is 9.47 Å². The molecule has 2 saturated carbocycles. The lowest BCUT2D eigenvalue weighted by atomic mass is 9.87. The lowest BCUT2D eigenvalue weighted by molar-refractivity contribution is -0.186. The van der Waals surface area contributed by atoms with Gasteiger partial charge < -0.3 is 9.47 Å². The molecule has 0 radical (unpaired) electrons. The third kappa shape index (κ3) is 9.46. The van der Waals surface area contributed by atoms with E-state index >= 15 is 0 Å². The molecule has 0 heterocycles. The summed E-state index contributed by atoms with van der Waals surface area (Å²) >= 11 is 2.16. The van der Waals surface area contributed by atoms with E-state index in [1.807, 2.05) is 18.2 Å². The predicted octanol–water partition coefficient (Wildman–Crippen LogP) is 11.9. The lowest BCUT2D eigenvalue weighted by Crippen LogP contribution is -2.32. The van der Waals surface area contributed by atoms with Crippen LogP contribution in [0, 0.1) is 15.4 Å². The van der Waals surface area contributed by atoms with Crippen molar-refractivity contribution in [1.82, 2.24) is 0 Å². The molecule has 0 bridgehead atoms. The lowest BCUT2D eigenvalue weighted by Gasteiger charge is -2.31. The summed E-state index contributed by atoms with van der Waals surface area (Å²) < 4.78 is 130. The van der Waals surface area contributed by atoms with Gasteiger partial charge in [0, 0.05) is 11.1 Å². The molecule has 0 N–H and O–H groups in total. The molecule has 0 amide bonds.